The molecule has 0 aliphatic heterocycles. The van der Waals surface area contributed by atoms with Crippen LogP contribution in [0, 0.1) is 11.8 Å². The van der Waals surface area contributed by atoms with Crippen LogP contribution in [0.25, 0.3) is 0 Å². The van der Waals surface area contributed by atoms with Crippen LogP contribution in [0.15, 0.2) is 0 Å². The molecule has 0 heterocycles. The lowest BCUT2D eigenvalue weighted by atomic mass is 10.1. The number of aliphatic hydroxyl groups is 1. The first-order valence-corrected chi connectivity index (χ1v) is 8.26. The SMILES string of the molecule is CCCCOCCOCC(O)CNCC1CCC(C)C1. The lowest BCUT2D eigenvalue weighted by Crippen LogP contribution is -2.33. The van der Waals surface area contributed by atoms with Crippen LogP contribution in [0.5, 0.6) is 0 Å². The highest BCUT2D eigenvalue weighted by Gasteiger charge is 2.20. The van der Waals surface area contributed by atoms with Gasteiger partial charge in [-0.25, -0.2) is 0 Å². The Hall–Kier alpha value is -0.160. The molecule has 0 aromatic rings. The Morgan fingerprint density at radius 2 is 2.00 bits per heavy atom. The number of hydrogen-bond donors (Lipinski definition) is 2. The van der Waals surface area contributed by atoms with Gasteiger partial charge in [-0.2, -0.15) is 0 Å². The number of ether oxygens (including phenoxy) is 2. The average Bonchev–Trinajstić information content (AvgIpc) is 2.83. The van der Waals surface area contributed by atoms with E-state index >= 15 is 0 Å². The van der Waals surface area contributed by atoms with E-state index in [1.807, 2.05) is 0 Å². The van der Waals surface area contributed by atoms with Gasteiger partial charge in [0.25, 0.3) is 0 Å². The fraction of sp³-hybridized carbons (Fsp3) is 1.00. The van der Waals surface area contributed by atoms with Crippen LogP contribution in [-0.2, 0) is 9.47 Å². The van der Waals surface area contributed by atoms with E-state index in [9.17, 15) is 5.11 Å². The molecule has 4 nitrogen and oxygen atoms in total. The third-order valence-electron chi connectivity index (χ3n) is 3.94. The van der Waals surface area contributed by atoms with Gasteiger partial charge in [-0.3, -0.25) is 0 Å². The van der Waals surface area contributed by atoms with Crippen molar-refractivity contribution in [2.24, 2.45) is 11.8 Å². The van der Waals surface area contributed by atoms with Crippen LogP contribution in [0.1, 0.15) is 46.0 Å². The van der Waals surface area contributed by atoms with Crippen LogP contribution >= 0.6 is 0 Å². The minimum atomic E-state index is -0.413. The summed E-state index contributed by atoms with van der Waals surface area (Å²) < 4.78 is 10.8. The van der Waals surface area contributed by atoms with E-state index < -0.39 is 6.10 Å². The summed E-state index contributed by atoms with van der Waals surface area (Å²) in [7, 11) is 0. The van der Waals surface area contributed by atoms with Gasteiger partial charge in [-0.05, 0) is 37.6 Å². The molecule has 1 rings (SSSR count). The van der Waals surface area contributed by atoms with Crippen molar-refractivity contribution in [3.63, 3.8) is 0 Å². The van der Waals surface area contributed by atoms with Gasteiger partial charge in [0.05, 0.1) is 25.9 Å². The number of nitrogens with one attached hydrogen (secondary N) is 1. The Morgan fingerprint density at radius 1 is 1.20 bits per heavy atom. The highest BCUT2D eigenvalue weighted by atomic mass is 16.5. The van der Waals surface area contributed by atoms with Gasteiger partial charge in [0.1, 0.15) is 0 Å². The Labute approximate surface area is 124 Å². The molecule has 3 unspecified atom stereocenters. The monoisotopic (exact) mass is 287 g/mol. The first kappa shape index (κ1) is 17.9. The first-order chi connectivity index (χ1) is 9.72. The Morgan fingerprint density at radius 3 is 2.70 bits per heavy atom. The van der Waals surface area contributed by atoms with E-state index in [0.717, 1.165) is 37.8 Å². The predicted octanol–water partition coefficient (Wildman–Crippen LogP) is 2.21. The van der Waals surface area contributed by atoms with E-state index in [0.29, 0.717) is 26.4 Å². The summed E-state index contributed by atoms with van der Waals surface area (Å²) in [5.74, 6) is 1.67. The zero-order chi connectivity index (χ0) is 14.6. The maximum absolute atomic E-state index is 9.79. The van der Waals surface area contributed by atoms with Gasteiger partial charge in [-0.15, -0.1) is 0 Å². The van der Waals surface area contributed by atoms with Gasteiger partial charge in [0.2, 0.25) is 0 Å². The van der Waals surface area contributed by atoms with Crippen LogP contribution in [0.2, 0.25) is 0 Å². The highest BCUT2D eigenvalue weighted by Crippen LogP contribution is 2.29. The molecular formula is C16H33NO3. The summed E-state index contributed by atoms with van der Waals surface area (Å²) in [5.41, 5.74) is 0. The van der Waals surface area contributed by atoms with E-state index in [4.69, 9.17) is 9.47 Å². The zero-order valence-corrected chi connectivity index (χ0v) is 13.3. The second-order valence-electron chi connectivity index (χ2n) is 6.14. The molecule has 0 amide bonds. The van der Waals surface area contributed by atoms with Crippen LogP contribution in [0.3, 0.4) is 0 Å². The lowest BCUT2D eigenvalue weighted by molar-refractivity contribution is 0.00375. The molecule has 0 radical (unpaired) electrons. The van der Waals surface area contributed by atoms with Crippen molar-refractivity contribution in [3.05, 3.63) is 0 Å². The summed E-state index contributed by atoms with van der Waals surface area (Å²) in [6.45, 7) is 8.53. The van der Waals surface area contributed by atoms with Crippen molar-refractivity contribution in [3.8, 4) is 0 Å². The number of hydrogen-bond acceptors (Lipinski definition) is 4. The smallest absolute Gasteiger partial charge is 0.0897 e. The summed E-state index contributed by atoms with van der Waals surface area (Å²) in [6, 6.07) is 0. The van der Waals surface area contributed by atoms with Gasteiger partial charge >= 0.3 is 0 Å². The fourth-order valence-electron chi connectivity index (χ4n) is 2.71. The first-order valence-electron chi connectivity index (χ1n) is 8.26. The standard InChI is InChI=1S/C16H33NO3/c1-3-4-7-19-8-9-20-13-16(18)12-17-11-15-6-5-14(2)10-15/h14-18H,3-13H2,1-2H3. The van der Waals surface area contributed by atoms with E-state index in [-0.39, 0.29) is 0 Å². The summed E-state index contributed by atoms with van der Waals surface area (Å²) in [4.78, 5) is 0. The second kappa shape index (κ2) is 11.5. The quantitative estimate of drug-likeness (QED) is 0.540. The topological polar surface area (TPSA) is 50.7 Å². The van der Waals surface area contributed by atoms with Crippen molar-refractivity contribution in [1.82, 2.24) is 5.32 Å². The molecule has 120 valence electrons. The van der Waals surface area contributed by atoms with Crippen molar-refractivity contribution in [1.29, 1.82) is 0 Å². The molecule has 1 aliphatic rings. The van der Waals surface area contributed by atoms with Crippen LogP contribution < -0.4 is 5.32 Å². The number of aliphatic hydroxyl groups excluding tert-OH is 1. The van der Waals surface area contributed by atoms with Crippen molar-refractivity contribution in [2.45, 2.75) is 52.1 Å². The highest BCUT2D eigenvalue weighted by molar-refractivity contribution is 4.74. The number of rotatable bonds is 12. The second-order valence-corrected chi connectivity index (χ2v) is 6.14. The minimum absolute atomic E-state index is 0.394. The molecule has 0 saturated heterocycles. The van der Waals surface area contributed by atoms with Crippen LogP contribution in [-0.4, -0.2) is 50.7 Å². The van der Waals surface area contributed by atoms with E-state index in [2.05, 4.69) is 19.2 Å². The molecule has 1 fully saturated rings. The van der Waals surface area contributed by atoms with Crippen molar-refractivity contribution < 1.29 is 14.6 Å². The average molecular weight is 287 g/mol. The third kappa shape index (κ3) is 8.90. The molecule has 0 bridgehead atoms. The minimum Gasteiger partial charge on any atom is -0.389 e. The zero-order valence-electron chi connectivity index (χ0n) is 13.3. The molecule has 3 atom stereocenters. The van der Waals surface area contributed by atoms with Crippen molar-refractivity contribution in [2.75, 3.05) is 39.5 Å². The van der Waals surface area contributed by atoms with Crippen molar-refractivity contribution >= 4 is 0 Å². The fourth-order valence-corrected chi connectivity index (χ4v) is 2.71. The molecule has 0 spiro atoms. The Balaban J connectivity index is 1.84. The van der Waals surface area contributed by atoms with Gasteiger partial charge in [0.15, 0.2) is 0 Å². The molecule has 1 aliphatic carbocycles. The van der Waals surface area contributed by atoms with Gasteiger partial charge in [0, 0.05) is 13.2 Å². The van der Waals surface area contributed by atoms with E-state index in [1.165, 1.54) is 19.3 Å². The summed E-state index contributed by atoms with van der Waals surface area (Å²) in [5, 5.41) is 13.1. The number of unbranched alkanes of at least 4 members (excludes halogenated alkanes) is 1. The van der Waals surface area contributed by atoms with Crippen LogP contribution in [0.4, 0.5) is 0 Å². The van der Waals surface area contributed by atoms with Gasteiger partial charge < -0.3 is 19.9 Å². The predicted molar refractivity (Wildman–Crippen MR) is 81.9 cm³/mol. The molecule has 20 heavy (non-hydrogen) atoms. The Kier molecular flexibility index (Phi) is 10.3. The molecule has 1 saturated carbocycles. The van der Waals surface area contributed by atoms with E-state index in [1.54, 1.807) is 0 Å². The largest absolute Gasteiger partial charge is 0.389 e. The summed E-state index contributed by atoms with van der Waals surface area (Å²) >= 11 is 0. The lowest BCUT2D eigenvalue weighted by Gasteiger charge is -2.15. The Bertz CT molecular complexity index is 226. The summed E-state index contributed by atoms with van der Waals surface area (Å²) in [6.07, 6.45) is 5.86. The molecule has 0 aromatic carbocycles. The molecule has 0 aromatic heterocycles. The molecular weight excluding hydrogens is 254 g/mol. The maximum Gasteiger partial charge on any atom is 0.0897 e. The van der Waals surface area contributed by atoms with Gasteiger partial charge in [-0.1, -0.05) is 26.7 Å². The normalized spacial score (nSPS) is 24.1. The third-order valence-corrected chi connectivity index (χ3v) is 3.94. The molecule has 2 N–H and O–H groups in total. The molecule has 4 heteroatoms. The maximum atomic E-state index is 9.79.